The van der Waals surface area contributed by atoms with Crippen LogP contribution in [0.15, 0.2) is 18.3 Å². The van der Waals surface area contributed by atoms with Gasteiger partial charge in [0.25, 0.3) is 0 Å². The van der Waals surface area contributed by atoms with Crippen LogP contribution < -0.4 is 10.1 Å². The van der Waals surface area contributed by atoms with E-state index in [9.17, 15) is 0 Å². The molecule has 18 heavy (non-hydrogen) atoms. The van der Waals surface area contributed by atoms with E-state index in [-0.39, 0.29) is 5.54 Å². The van der Waals surface area contributed by atoms with E-state index in [2.05, 4.69) is 17.2 Å². The SMILES string of the molecule is CCCC1(c2ncccc2OC)CCCCCN1. The lowest BCUT2D eigenvalue weighted by Gasteiger charge is -2.34. The molecule has 1 fully saturated rings. The molecule has 1 N–H and O–H groups in total. The smallest absolute Gasteiger partial charge is 0.142 e. The molecular weight excluding hydrogens is 224 g/mol. The molecule has 1 atom stereocenters. The van der Waals surface area contributed by atoms with Gasteiger partial charge in [0.15, 0.2) is 0 Å². The summed E-state index contributed by atoms with van der Waals surface area (Å²) in [6.07, 6.45) is 9.17. The van der Waals surface area contributed by atoms with Gasteiger partial charge in [-0.3, -0.25) is 4.98 Å². The van der Waals surface area contributed by atoms with Crippen LogP contribution in [-0.4, -0.2) is 18.6 Å². The van der Waals surface area contributed by atoms with Gasteiger partial charge in [-0.2, -0.15) is 0 Å². The van der Waals surface area contributed by atoms with Gasteiger partial charge in [-0.15, -0.1) is 0 Å². The molecule has 3 nitrogen and oxygen atoms in total. The predicted octanol–water partition coefficient (Wildman–Crippen LogP) is 3.25. The third-order valence-electron chi connectivity index (χ3n) is 3.86. The minimum absolute atomic E-state index is 0.0118. The van der Waals surface area contributed by atoms with Crippen LogP contribution in [0.1, 0.15) is 51.1 Å². The van der Waals surface area contributed by atoms with Gasteiger partial charge >= 0.3 is 0 Å². The monoisotopic (exact) mass is 248 g/mol. The maximum absolute atomic E-state index is 5.51. The average Bonchev–Trinajstić information content (AvgIpc) is 2.66. The lowest BCUT2D eigenvalue weighted by molar-refractivity contribution is 0.274. The quantitative estimate of drug-likeness (QED) is 0.888. The second-order valence-corrected chi connectivity index (χ2v) is 5.12. The Bertz CT molecular complexity index is 371. The second-order valence-electron chi connectivity index (χ2n) is 5.12. The molecule has 1 unspecified atom stereocenters. The van der Waals surface area contributed by atoms with Gasteiger partial charge in [0.1, 0.15) is 11.4 Å². The Hall–Kier alpha value is -1.09. The fourth-order valence-electron chi connectivity index (χ4n) is 3.02. The number of pyridine rings is 1. The summed E-state index contributed by atoms with van der Waals surface area (Å²) in [6.45, 7) is 3.32. The van der Waals surface area contributed by atoms with Gasteiger partial charge in [0, 0.05) is 6.20 Å². The van der Waals surface area contributed by atoms with Gasteiger partial charge in [0.05, 0.1) is 12.6 Å². The highest BCUT2D eigenvalue weighted by molar-refractivity contribution is 5.33. The summed E-state index contributed by atoms with van der Waals surface area (Å²) < 4.78 is 5.51. The number of rotatable bonds is 4. The fraction of sp³-hybridized carbons (Fsp3) is 0.667. The number of methoxy groups -OCH3 is 1. The molecule has 1 aromatic heterocycles. The third kappa shape index (κ3) is 2.66. The Balaban J connectivity index is 2.38. The largest absolute Gasteiger partial charge is 0.495 e. The van der Waals surface area contributed by atoms with Crippen molar-refractivity contribution >= 4 is 0 Å². The third-order valence-corrected chi connectivity index (χ3v) is 3.86. The van der Waals surface area contributed by atoms with Crippen molar-refractivity contribution in [1.82, 2.24) is 10.3 Å². The van der Waals surface area contributed by atoms with Crippen molar-refractivity contribution in [3.8, 4) is 5.75 Å². The van der Waals surface area contributed by atoms with Crippen molar-refractivity contribution in [2.75, 3.05) is 13.7 Å². The molecule has 0 radical (unpaired) electrons. The van der Waals surface area contributed by atoms with E-state index in [0.717, 1.165) is 37.3 Å². The fourth-order valence-corrected chi connectivity index (χ4v) is 3.02. The Kier molecular flexibility index (Phi) is 4.59. The Morgan fingerprint density at radius 3 is 3.06 bits per heavy atom. The van der Waals surface area contributed by atoms with Gasteiger partial charge < -0.3 is 10.1 Å². The topological polar surface area (TPSA) is 34.1 Å². The summed E-state index contributed by atoms with van der Waals surface area (Å²) >= 11 is 0. The van der Waals surface area contributed by atoms with E-state index in [1.54, 1.807) is 7.11 Å². The van der Waals surface area contributed by atoms with Crippen LogP contribution in [0.3, 0.4) is 0 Å². The highest BCUT2D eigenvalue weighted by atomic mass is 16.5. The van der Waals surface area contributed by atoms with Crippen LogP contribution in [0.5, 0.6) is 5.75 Å². The molecule has 1 aromatic rings. The zero-order valence-corrected chi connectivity index (χ0v) is 11.5. The molecule has 0 aromatic carbocycles. The lowest BCUT2D eigenvalue weighted by Crippen LogP contribution is -2.42. The number of hydrogen-bond acceptors (Lipinski definition) is 3. The minimum atomic E-state index is 0.0118. The van der Waals surface area contributed by atoms with Crippen molar-refractivity contribution in [3.63, 3.8) is 0 Å². The molecule has 3 heteroatoms. The summed E-state index contributed by atoms with van der Waals surface area (Å²) in [7, 11) is 1.73. The maximum Gasteiger partial charge on any atom is 0.142 e. The summed E-state index contributed by atoms with van der Waals surface area (Å²) in [5.74, 6) is 0.917. The van der Waals surface area contributed by atoms with Crippen molar-refractivity contribution in [3.05, 3.63) is 24.0 Å². The minimum Gasteiger partial charge on any atom is -0.495 e. The summed E-state index contributed by atoms with van der Waals surface area (Å²) in [4.78, 5) is 4.62. The van der Waals surface area contributed by atoms with E-state index in [4.69, 9.17) is 4.74 Å². The Morgan fingerprint density at radius 1 is 1.39 bits per heavy atom. The van der Waals surface area contributed by atoms with Crippen LogP contribution in [0.4, 0.5) is 0 Å². The van der Waals surface area contributed by atoms with Crippen LogP contribution in [0, 0.1) is 0 Å². The van der Waals surface area contributed by atoms with Gasteiger partial charge in [-0.1, -0.05) is 26.2 Å². The average molecular weight is 248 g/mol. The molecule has 2 rings (SSSR count). The van der Waals surface area contributed by atoms with E-state index >= 15 is 0 Å². The first-order chi connectivity index (χ1) is 8.82. The van der Waals surface area contributed by atoms with Gasteiger partial charge in [-0.25, -0.2) is 0 Å². The zero-order valence-electron chi connectivity index (χ0n) is 11.5. The first kappa shape index (κ1) is 13.3. The molecular formula is C15H24N2O. The molecule has 100 valence electrons. The normalized spacial score (nSPS) is 24.6. The van der Waals surface area contributed by atoms with Crippen molar-refractivity contribution in [1.29, 1.82) is 0 Å². The summed E-state index contributed by atoms with van der Waals surface area (Å²) in [6, 6.07) is 3.96. The van der Waals surface area contributed by atoms with E-state index in [0.29, 0.717) is 0 Å². The van der Waals surface area contributed by atoms with Crippen LogP contribution in [-0.2, 0) is 5.54 Å². The molecule has 0 spiro atoms. The van der Waals surface area contributed by atoms with Gasteiger partial charge in [0.2, 0.25) is 0 Å². The number of aromatic nitrogens is 1. The number of nitrogens with zero attached hydrogens (tertiary/aromatic N) is 1. The number of hydrogen-bond donors (Lipinski definition) is 1. The zero-order chi connectivity index (χ0) is 12.8. The van der Waals surface area contributed by atoms with Crippen LogP contribution >= 0.6 is 0 Å². The van der Waals surface area contributed by atoms with Crippen LogP contribution in [0.2, 0.25) is 0 Å². The first-order valence-corrected chi connectivity index (χ1v) is 7.07. The van der Waals surface area contributed by atoms with Crippen LogP contribution in [0.25, 0.3) is 0 Å². The second kappa shape index (κ2) is 6.19. The molecule has 2 heterocycles. The van der Waals surface area contributed by atoms with E-state index < -0.39 is 0 Å². The molecule has 0 bridgehead atoms. The Labute approximate surface area is 110 Å². The van der Waals surface area contributed by atoms with E-state index in [1.165, 1.54) is 19.3 Å². The van der Waals surface area contributed by atoms with Gasteiger partial charge in [-0.05, 0) is 37.9 Å². The van der Waals surface area contributed by atoms with Crippen molar-refractivity contribution in [2.24, 2.45) is 0 Å². The molecule has 0 aliphatic carbocycles. The van der Waals surface area contributed by atoms with E-state index in [1.807, 2.05) is 18.3 Å². The summed E-state index contributed by atoms with van der Waals surface area (Å²) in [5.41, 5.74) is 1.11. The van der Waals surface area contributed by atoms with Crippen molar-refractivity contribution in [2.45, 2.75) is 51.0 Å². The molecule has 0 saturated carbocycles. The summed E-state index contributed by atoms with van der Waals surface area (Å²) in [5, 5.41) is 3.74. The van der Waals surface area contributed by atoms with Crippen molar-refractivity contribution < 1.29 is 4.74 Å². The molecule has 1 saturated heterocycles. The molecule has 1 aliphatic rings. The highest BCUT2D eigenvalue weighted by Crippen LogP contribution is 2.37. The predicted molar refractivity (Wildman–Crippen MR) is 73.8 cm³/mol. The first-order valence-electron chi connectivity index (χ1n) is 7.07. The lowest BCUT2D eigenvalue weighted by atomic mass is 9.84. The standard InChI is InChI=1S/C15H24N2O/c1-3-9-15(10-5-4-6-12-17-15)14-13(18-2)8-7-11-16-14/h7-8,11,17H,3-6,9-10,12H2,1-2H3. The highest BCUT2D eigenvalue weighted by Gasteiger charge is 2.35. The maximum atomic E-state index is 5.51. The molecule has 1 aliphatic heterocycles. The number of nitrogens with one attached hydrogen (secondary N) is 1. The molecule has 0 amide bonds. The Morgan fingerprint density at radius 2 is 2.28 bits per heavy atom. The number of ether oxygens (including phenoxy) is 1.